The maximum absolute atomic E-state index is 4.94. The Morgan fingerprint density at radius 1 is 0.622 bits per heavy atom. The van der Waals surface area contributed by atoms with Crippen molar-refractivity contribution in [2.24, 2.45) is 0 Å². The second kappa shape index (κ2) is 14.2. The van der Waals surface area contributed by atoms with E-state index in [2.05, 4.69) is 150 Å². The summed E-state index contributed by atoms with van der Waals surface area (Å²) in [6.07, 6.45) is 7.71. The number of pyridine rings is 1. The van der Waals surface area contributed by atoms with Gasteiger partial charge in [-0.2, -0.15) is 0 Å². The van der Waals surface area contributed by atoms with Crippen LogP contribution in [0.25, 0.3) is 65.9 Å². The van der Waals surface area contributed by atoms with E-state index in [1.165, 1.54) is 43.7 Å². The van der Waals surface area contributed by atoms with Gasteiger partial charge in [-0.1, -0.05) is 105 Å². The molecular formula is C42H39N3. The molecule has 0 amide bonds. The van der Waals surface area contributed by atoms with Gasteiger partial charge in [0.2, 0.25) is 0 Å². The van der Waals surface area contributed by atoms with E-state index in [-0.39, 0.29) is 0 Å². The largest absolute Gasteiger partial charge is 0.309 e. The molecule has 0 radical (unpaired) electrons. The van der Waals surface area contributed by atoms with E-state index in [0.717, 1.165) is 22.2 Å². The molecule has 0 atom stereocenters. The molecule has 0 unspecified atom stereocenters. The normalized spacial score (nSPS) is 10.7. The third-order valence-electron chi connectivity index (χ3n) is 7.63. The quantitative estimate of drug-likeness (QED) is 0.149. The number of allylic oxidation sites excluding steroid dienone is 3. The van der Waals surface area contributed by atoms with Crippen LogP contribution < -0.4 is 0 Å². The van der Waals surface area contributed by atoms with Gasteiger partial charge in [-0.15, -0.1) is 13.2 Å². The Balaban J connectivity index is 0.000000402. The van der Waals surface area contributed by atoms with E-state index in [4.69, 9.17) is 4.98 Å². The molecule has 3 nitrogen and oxygen atoms in total. The van der Waals surface area contributed by atoms with E-state index in [1.807, 2.05) is 39.0 Å². The SMILES string of the molecule is C=C.C=C/C=C\C.CC.c1ccc(-n2c3ccccc3c3ccc4cc5c(ccn5-c5ccc6ccccc6n5)cc4c32)cc1. The molecule has 45 heavy (non-hydrogen) atoms. The lowest BCUT2D eigenvalue weighted by atomic mass is 10.0. The van der Waals surface area contributed by atoms with E-state index in [9.17, 15) is 0 Å². The van der Waals surface area contributed by atoms with Gasteiger partial charge in [0.1, 0.15) is 5.82 Å². The molecule has 0 spiro atoms. The molecule has 0 N–H and O–H groups in total. The molecule has 0 saturated carbocycles. The van der Waals surface area contributed by atoms with Gasteiger partial charge in [0.25, 0.3) is 0 Å². The van der Waals surface area contributed by atoms with Crippen LogP contribution in [0.4, 0.5) is 0 Å². The third-order valence-corrected chi connectivity index (χ3v) is 7.63. The first-order chi connectivity index (χ1) is 22.3. The fourth-order valence-corrected chi connectivity index (χ4v) is 5.78. The third kappa shape index (κ3) is 5.81. The molecule has 8 aromatic rings. The van der Waals surface area contributed by atoms with Crippen LogP contribution in [0, 0.1) is 0 Å². The molecule has 0 aliphatic rings. The maximum atomic E-state index is 4.94. The smallest absolute Gasteiger partial charge is 0.137 e. The lowest BCUT2D eigenvalue weighted by Gasteiger charge is -2.11. The summed E-state index contributed by atoms with van der Waals surface area (Å²) < 4.78 is 4.60. The predicted molar refractivity (Wildman–Crippen MR) is 198 cm³/mol. The summed E-state index contributed by atoms with van der Waals surface area (Å²) in [5.41, 5.74) is 5.82. The molecule has 0 fully saturated rings. The summed E-state index contributed by atoms with van der Waals surface area (Å²) >= 11 is 0. The average Bonchev–Trinajstić information content (AvgIpc) is 3.69. The summed E-state index contributed by atoms with van der Waals surface area (Å²) in [5.74, 6) is 0.933. The minimum atomic E-state index is 0.933. The first-order valence-electron chi connectivity index (χ1n) is 15.4. The van der Waals surface area contributed by atoms with Crippen molar-refractivity contribution in [3.63, 3.8) is 0 Å². The van der Waals surface area contributed by atoms with Crippen molar-refractivity contribution in [1.82, 2.24) is 14.1 Å². The van der Waals surface area contributed by atoms with Crippen LogP contribution in [0.2, 0.25) is 0 Å². The first kappa shape index (κ1) is 30.8. The molecule has 0 aliphatic heterocycles. The van der Waals surface area contributed by atoms with Crippen molar-refractivity contribution in [2.45, 2.75) is 20.8 Å². The van der Waals surface area contributed by atoms with Crippen LogP contribution >= 0.6 is 0 Å². The first-order valence-corrected chi connectivity index (χ1v) is 15.4. The van der Waals surface area contributed by atoms with Crippen molar-refractivity contribution >= 4 is 54.4 Å². The number of rotatable bonds is 3. The maximum Gasteiger partial charge on any atom is 0.137 e. The van der Waals surface area contributed by atoms with Gasteiger partial charge in [0.15, 0.2) is 0 Å². The van der Waals surface area contributed by atoms with Gasteiger partial charge in [-0.05, 0) is 66.9 Å². The van der Waals surface area contributed by atoms with E-state index in [0.29, 0.717) is 0 Å². The Kier molecular flexibility index (Phi) is 9.71. The number of para-hydroxylation sites is 3. The number of fused-ring (bicyclic) bond motifs is 7. The number of hydrogen-bond donors (Lipinski definition) is 0. The average molecular weight is 586 g/mol. The summed E-state index contributed by atoms with van der Waals surface area (Å²) in [6.45, 7) is 15.4. The topological polar surface area (TPSA) is 22.8 Å². The molecule has 222 valence electrons. The highest BCUT2D eigenvalue weighted by atomic mass is 15.1. The van der Waals surface area contributed by atoms with Gasteiger partial charge < -0.3 is 9.13 Å². The van der Waals surface area contributed by atoms with E-state index < -0.39 is 0 Å². The van der Waals surface area contributed by atoms with Crippen molar-refractivity contribution < 1.29 is 0 Å². The Hall–Kier alpha value is -5.67. The van der Waals surface area contributed by atoms with Gasteiger partial charge >= 0.3 is 0 Å². The fourth-order valence-electron chi connectivity index (χ4n) is 5.78. The van der Waals surface area contributed by atoms with Gasteiger partial charge in [0.05, 0.1) is 22.1 Å². The molecule has 0 bridgehead atoms. The second-order valence-corrected chi connectivity index (χ2v) is 10.1. The Bertz CT molecular complexity index is 2250. The highest BCUT2D eigenvalue weighted by molar-refractivity contribution is 6.20. The summed E-state index contributed by atoms with van der Waals surface area (Å²) in [5, 5.41) is 7.38. The molecule has 0 saturated heterocycles. The molecule has 3 heteroatoms. The molecular weight excluding hydrogens is 546 g/mol. The Labute approximate surface area is 265 Å². The van der Waals surface area contributed by atoms with Gasteiger partial charge in [0, 0.05) is 38.8 Å². The van der Waals surface area contributed by atoms with Crippen molar-refractivity contribution in [1.29, 1.82) is 0 Å². The van der Waals surface area contributed by atoms with Crippen molar-refractivity contribution in [3.05, 3.63) is 165 Å². The lowest BCUT2D eigenvalue weighted by Crippen LogP contribution is -1.96. The molecule has 0 aliphatic carbocycles. The second-order valence-electron chi connectivity index (χ2n) is 10.1. The van der Waals surface area contributed by atoms with Crippen LogP contribution in [0.5, 0.6) is 0 Å². The zero-order valence-electron chi connectivity index (χ0n) is 26.3. The molecule has 5 aromatic carbocycles. The summed E-state index contributed by atoms with van der Waals surface area (Å²) in [4.78, 5) is 4.94. The van der Waals surface area contributed by atoms with Crippen LogP contribution in [-0.4, -0.2) is 14.1 Å². The number of hydrogen-bond acceptors (Lipinski definition) is 1. The minimum absolute atomic E-state index is 0.933. The van der Waals surface area contributed by atoms with Gasteiger partial charge in [-0.3, -0.25) is 0 Å². The van der Waals surface area contributed by atoms with Crippen LogP contribution in [0.15, 0.2) is 165 Å². The van der Waals surface area contributed by atoms with E-state index in [1.54, 1.807) is 6.08 Å². The zero-order chi connectivity index (χ0) is 31.8. The Morgan fingerprint density at radius 2 is 1.33 bits per heavy atom. The van der Waals surface area contributed by atoms with Crippen molar-refractivity contribution in [3.8, 4) is 11.5 Å². The van der Waals surface area contributed by atoms with Gasteiger partial charge in [-0.25, -0.2) is 4.98 Å². The van der Waals surface area contributed by atoms with Crippen molar-refractivity contribution in [2.75, 3.05) is 0 Å². The zero-order valence-corrected chi connectivity index (χ0v) is 26.3. The number of benzene rings is 5. The minimum Gasteiger partial charge on any atom is -0.309 e. The van der Waals surface area contributed by atoms with Crippen LogP contribution in [0.3, 0.4) is 0 Å². The Morgan fingerprint density at radius 3 is 2.09 bits per heavy atom. The highest BCUT2D eigenvalue weighted by Crippen LogP contribution is 2.38. The predicted octanol–water partition coefficient (Wildman–Crippen LogP) is 12.0. The van der Waals surface area contributed by atoms with Crippen LogP contribution in [0.1, 0.15) is 20.8 Å². The van der Waals surface area contributed by atoms with E-state index >= 15 is 0 Å². The van der Waals surface area contributed by atoms with Crippen LogP contribution in [-0.2, 0) is 0 Å². The number of aromatic nitrogens is 3. The standard InChI is InChI=1S/C33H21N3.C5H8.C2H6.C2H4/c1-2-9-25(10-3-1)36-30-13-7-5-11-26(30)27-16-14-23-21-31-24(20-28(23)33(27)36)18-19-35(31)32-17-15-22-8-4-6-12-29(22)34-32;1-3-5-4-2;2*1-2/h1-21H;3-5H,1H2,2H3;1-2H3;1-2H2/b;5-4-;;. The molecule has 3 heterocycles. The fraction of sp³-hybridized carbons (Fsp3) is 0.0714. The molecule has 8 rings (SSSR count). The molecule has 3 aromatic heterocycles. The highest BCUT2D eigenvalue weighted by Gasteiger charge is 2.16. The summed E-state index contributed by atoms with van der Waals surface area (Å²) in [7, 11) is 0. The lowest BCUT2D eigenvalue weighted by molar-refractivity contribution is 1.06. The summed E-state index contributed by atoms with van der Waals surface area (Å²) in [6, 6.07) is 43.2. The monoisotopic (exact) mass is 585 g/mol. The number of nitrogens with zero attached hydrogens (tertiary/aromatic N) is 3.